The Balaban J connectivity index is 0.00000126. The molecule has 1 saturated carbocycles. The summed E-state index contributed by atoms with van der Waals surface area (Å²) in [6, 6.07) is 9.13. The first-order chi connectivity index (χ1) is 15.7. The normalized spacial score (nSPS) is 29.9. The molecule has 5 rings (SSSR count). The lowest BCUT2D eigenvalue weighted by atomic mass is 9.64. The van der Waals surface area contributed by atoms with Gasteiger partial charge >= 0.3 is 0 Å². The molecule has 2 fully saturated rings. The number of hydrogen-bond acceptors (Lipinski definition) is 5. The van der Waals surface area contributed by atoms with Crippen LogP contribution in [-0.4, -0.2) is 35.2 Å². The molecule has 10 heteroatoms. The van der Waals surface area contributed by atoms with Crippen molar-refractivity contribution < 1.29 is 30.4 Å². The van der Waals surface area contributed by atoms with Crippen LogP contribution < -0.4 is 9.46 Å². The van der Waals surface area contributed by atoms with Crippen LogP contribution in [0.15, 0.2) is 47.4 Å². The molecule has 33 heavy (non-hydrogen) atoms. The van der Waals surface area contributed by atoms with Gasteiger partial charge in [-0.2, -0.15) is 0 Å². The number of sulfonamides is 1. The molecule has 0 radical (unpaired) electrons. The van der Waals surface area contributed by atoms with Crippen LogP contribution in [0.25, 0.3) is 0 Å². The highest BCUT2D eigenvalue weighted by molar-refractivity contribution is 7.92. The van der Waals surface area contributed by atoms with Crippen LogP contribution in [0.5, 0.6) is 5.75 Å². The Bertz CT molecular complexity index is 1250. The summed E-state index contributed by atoms with van der Waals surface area (Å²) in [6.07, 6.45) is 0.378. The summed E-state index contributed by atoms with van der Waals surface area (Å²) in [4.78, 5) is 0.0198. The van der Waals surface area contributed by atoms with Gasteiger partial charge in [-0.1, -0.05) is 32.0 Å². The van der Waals surface area contributed by atoms with Crippen molar-refractivity contribution in [1.82, 2.24) is 4.72 Å². The molecular weight excluding hydrogens is 472 g/mol. The molecule has 3 aliphatic rings. The lowest BCUT2D eigenvalue weighted by Gasteiger charge is -2.54. The van der Waals surface area contributed by atoms with Crippen molar-refractivity contribution in [3.63, 3.8) is 0 Å². The minimum Gasteiger partial charge on any atom is -0.490 e. The first-order valence-electron chi connectivity index (χ1n) is 11.1. The molecule has 0 spiro atoms. The highest BCUT2D eigenvalue weighted by Gasteiger charge is 2.63. The van der Waals surface area contributed by atoms with Gasteiger partial charge in [0.15, 0.2) is 21.4 Å². The second-order valence-corrected chi connectivity index (χ2v) is 12.5. The first-order valence-corrected chi connectivity index (χ1v) is 14.2. The summed E-state index contributed by atoms with van der Waals surface area (Å²) < 4.78 is 88.7. The highest BCUT2D eigenvalue weighted by Crippen LogP contribution is 2.59. The number of sulfone groups is 1. The largest absolute Gasteiger partial charge is 0.490 e. The van der Waals surface area contributed by atoms with Crippen LogP contribution in [0.2, 0.25) is 0 Å². The molecule has 0 unspecified atom stereocenters. The van der Waals surface area contributed by atoms with Gasteiger partial charge in [-0.05, 0) is 49.4 Å². The molecule has 1 saturated heterocycles. The molecule has 0 bridgehead atoms. The summed E-state index contributed by atoms with van der Waals surface area (Å²) in [5.74, 6) is -3.29. The van der Waals surface area contributed by atoms with Crippen LogP contribution in [0.3, 0.4) is 0 Å². The fraction of sp³-hybridized carbons (Fsp3) is 0.478. The number of rotatable bonds is 2. The molecule has 0 amide bonds. The maximum Gasteiger partial charge on any atom is 0.211 e. The van der Waals surface area contributed by atoms with Gasteiger partial charge in [0.1, 0.15) is 10.6 Å². The van der Waals surface area contributed by atoms with E-state index < -0.39 is 48.2 Å². The fourth-order valence-electron chi connectivity index (χ4n) is 5.61. The summed E-state index contributed by atoms with van der Waals surface area (Å²) in [7, 11) is -7.63. The average Bonchev–Trinajstić information content (AvgIpc) is 2.81. The van der Waals surface area contributed by atoms with E-state index in [1.807, 2.05) is 13.8 Å². The SMILES string of the molecule is CC.O=S1(=O)CC[C@@H]2[C@@H](CC[C@@]3(S(=O)(=O)c4ccccc4)c4c(F)ccc(F)c4OC[C@@H]23)N1. The van der Waals surface area contributed by atoms with E-state index in [0.29, 0.717) is 0 Å². The lowest BCUT2D eigenvalue weighted by molar-refractivity contribution is 0.0537. The summed E-state index contributed by atoms with van der Waals surface area (Å²) in [6.45, 7) is 3.86. The minimum atomic E-state index is -4.18. The Labute approximate surface area is 193 Å². The maximum atomic E-state index is 15.2. The van der Waals surface area contributed by atoms with Gasteiger partial charge in [-0.3, -0.25) is 0 Å². The molecule has 2 heterocycles. The minimum absolute atomic E-state index is 0.0198. The van der Waals surface area contributed by atoms with E-state index in [9.17, 15) is 21.2 Å². The topological polar surface area (TPSA) is 89.5 Å². The van der Waals surface area contributed by atoms with Crippen LogP contribution in [0.1, 0.15) is 38.7 Å². The van der Waals surface area contributed by atoms with Crippen molar-refractivity contribution in [2.24, 2.45) is 11.8 Å². The van der Waals surface area contributed by atoms with Crippen LogP contribution in [-0.2, 0) is 24.6 Å². The van der Waals surface area contributed by atoms with E-state index in [1.165, 1.54) is 12.1 Å². The van der Waals surface area contributed by atoms with Crippen LogP contribution in [0, 0.1) is 23.5 Å². The first kappa shape index (κ1) is 24.1. The van der Waals surface area contributed by atoms with E-state index in [4.69, 9.17) is 4.74 Å². The van der Waals surface area contributed by atoms with Gasteiger partial charge in [0, 0.05) is 12.0 Å². The van der Waals surface area contributed by atoms with E-state index in [-0.39, 0.29) is 53.7 Å². The van der Waals surface area contributed by atoms with Crippen molar-refractivity contribution in [2.45, 2.75) is 48.8 Å². The van der Waals surface area contributed by atoms with Gasteiger partial charge in [-0.15, -0.1) is 0 Å². The van der Waals surface area contributed by atoms with E-state index in [2.05, 4.69) is 4.72 Å². The van der Waals surface area contributed by atoms with E-state index in [1.54, 1.807) is 18.2 Å². The molecule has 180 valence electrons. The smallest absolute Gasteiger partial charge is 0.211 e. The van der Waals surface area contributed by atoms with Crippen molar-refractivity contribution >= 4 is 19.9 Å². The van der Waals surface area contributed by atoms with Crippen molar-refractivity contribution in [1.29, 1.82) is 0 Å². The zero-order valence-electron chi connectivity index (χ0n) is 18.4. The molecular formula is C23H27F2NO5S2. The molecule has 6 nitrogen and oxygen atoms in total. The van der Waals surface area contributed by atoms with E-state index >= 15 is 4.39 Å². The van der Waals surface area contributed by atoms with Gasteiger partial charge in [0.2, 0.25) is 10.0 Å². The molecule has 1 N–H and O–H groups in total. The molecule has 2 aromatic rings. The lowest BCUT2D eigenvalue weighted by Crippen LogP contribution is -2.62. The third-order valence-electron chi connectivity index (χ3n) is 6.93. The standard InChI is InChI=1S/C21H21F2NO5S2.C2H6/c22-16-6-7-17(23)20-19(16)21(31(27,28)13-4-2-1-3-5-13)10-8-18-14(15(21)12-29-20)9-11-30(25,26)24-18;1-2/h1-7,14-15,18,24H,8-12H2;1-2H3/t14-,15-,18+,21-;/m0./s1. The molecule has 4 atom stereocenters. The number of ether oxygens (including phenoxy) is 1. The predicted molar refractivity (Wildman–Crippen MR) is 120 cm³/mol. The van der Waals surface area contributed by atoms with Crippen molar-refractivity contribution in [3.8, 4) is 5.75 Å². The second-order valence-electron chi connectivity index (χ2n) is 8.39. The molecule has 0 aromatic heterocycles. The summed E-state index contributed by atoms with van der Waals surface area (Å²) in [5, 5.41) is 0. The monoisotopic (exact) mass is 499 g/mol. The zero-order valence-corrected chi connectivity index (χ0v) is 20.1. The number of halogens is 2. The Hall–Kier alpha value is -2.04. The molecule has 2 aromatic carbocycles. The predicted octanol–water partition coefficient (Wildman–Crippen LogP) is 3.77. The van der Waals surface area contributed by atoms with Crippen molar-refractivity contribution in [2.75, 3.05) is 12.4 Å². The van der Waals surface area contributed by atoms with Gasteiger partial charge in [-0.25, -0.2) is 30.3 Å². The Morgan fingerprint density at radius 3 is 2.39 bits per heavy atom. The zero-order chi connectivity index (χ0) is 24.0. The third-order valence-corrected chi connectivity index (χ3v) is 10.9. The number of benzene rings is 2. The van der Waals surface area contributed by atoms with Gasteiger partial charge in [0.05, 0.1) is 22.8 Å². The second kappa shape index (κ2) is 8.63. The maximum absolute atomic E-state index is 15.2. The Kier molecular flexibility index (Phi) is 6.30. The third kappa shape index (κ3) is 3.66. The highest BCUT2D eigenvalue weighted by atomic mass is 32.2. The number of fused-ring (bicyclic) bond motifs is 5. The van der Waals surface area contributed by atoms with Crippen LogP contribution in [0.4, 0.5) is 8.78 Å². The fourth-order valence-corrected chi connectivity index (χ4v) is 9.49. The van der Waals surface area contributed by atoms with Gasteiger partial charge in [0.25, 0.3) is 0 Å². The summed E-state index contributed by atoms with van der Waals surface area (Å²) in [5.41, 5.74) is -0.278. The molecule has 2 aliphatic heterocycles. The molecule has 1 aliphatic carbocycles. The number of hydrogen-bond donors (Lipinski definition) is 1. The van der Waals surface area contributed by atoms with Crippen LogP contribution >= 0.6 is 0 Å². The number of nitrogens with one attached hydrogen (secondary N) is 1. The Morgan fingerprint density at radius 2 is 1.70 bits per heavy atom. The average molecular weight is 500 g/mol. The Morgan fingerprint density at radius 1 is 1.03 bits per heavy atom. The van der Waals surface area contributed by atoms with E-state index in [0.717, 1.165) is 12.1 Å². The quantitative estimate of drug-likeness (QED) is 0.680. The van der Waals surface area contributed by atoms with Gasteiger partial charge < -0.3 is 4.74 Å². The summed E-state index contributed by atoms with van der Waals surface area (Å²) >= 11 is 0. The van der Waals surface area contributed by atoms with Crippen molar-refractivity contribution in [3.05, 3.63) is 59.7 Å².